The molecule has 1 aromatic carbocycles. The van der Waals surface area contributed by atoms with Gasteiger partial charge in [-0.25, -0.2) is 4.79 Å². The molecular weight excluding hydrogens is 193 g/mol. The lowest BCUT2D eigenvalue weighted by molar-refractivity contribution is 0.0698. The summed E-state index contributed by atoms with van der Waals surface area (Å²) in [7, 11) is -0.647. The van der Waals surface area contributed by atoms with Gasteiger partial charge in [0.1, 0.15) is 0 Å². The Morgan fingerprint density at radius 1 is 1.53 bits per heavy atom. The van der Waals surface area contributed by atoms with Crippen LogP contribution >= 0.6 is 0 Å². The molecule has 0 fully saturated rings. The summed E-state index contributed by atoms with van der Waals surface area (Å²) < 4.78 is 0. The van der Waals surface area contributed by atoms with Gasteiger partial charge >= 0.3 is 13.0 Å². The Bertz CT molecular complexity index is 406. The van der Waals surface area contributed by atoms with Gasteiger partial charge in [0.05, 0.1) is 5.56 Å². The van der Waals surface area contributed by atoms with Crippen molar-refractivity contribution >= 4 is 18.7 Å². The van der Waals surface area contributed by atoms with Crippen molar-refractivity contribution in [1.82, 2.24) is 0 Å². The van der Waals surface area contributed by atoms with Gasteiger partial charge in [-0.15, -0.1) is 0 Å². The van der Waals surface area contributed by atoms with Crippen LogP contribution < -0.4 is 4.81 Å². The molecule has 0 aromatic heterocycles. The van der Waals surface area contributed by atoms with Crippen molar-refractivity contribution < 1.29 is 14.9 Å². The predicted molar refractivity (Wildman–Crippen MR) is 58.3 cm³/mol. The molecule has 0 unspecified atom stereocenters. The zero-order chi connectivity index (χ0) is 11.0. The topological polar surface area (TPSA) is 60.8 Å². The molecule has 1 aliphatic heterocycles. The number of carboxylic acid groups (broad SMARTS) is 1. The van der Waals surface area contributed by atoms with Gasteiger partial charge in [0.15, 0.2) is 0 Å². The van der Waals surface area contributed by atoms with Gasteiger partial charge in [0.25, 0.3) is 0 Å². The number of anilines is 1. The first-order valence-corrected chi connectivity index (χ1v) is 4.91. The number of fused-ring (bicyclic) bond motifs is 1. The first-order chi connectivity index (χ1) is 7.11. The molecule has 15 heavy (non-hydrogen) atoms. The van der Waals surface area contributed by atoms with Crippen molar-refractivity contribution in [3.8, 4) is 0 Å². The summed E-state index contributed by atoms with van der Waals surface area (Å²) in [6.45, 7) is 2.32. The van der Waals surface area contributed by atoms with Crippen LogP contribution in [0.1, 0.15) is 15.9 Å². The number of hydrogen-bond acceptors (Lipinski definition) is 3. The summed E-state index contributed by atoms with van der Waals surface area (Å²) in [6.07, 6.45) is 0.793. The smallest absolute Gasteiger partial charge is 0.409 e. The highest BCUT2D eigenvalue weighted by atomic mass is 16.4. The summed E-state index contributed by atoms with van der Waals surface area (Å²) in [5.74, 6) is -0.945. The molecule has 0 saturated carbocycles. The molecule has 5 heteroatoms. The third-order valence-electron chi connectivity index (χ3n) is 2.71. The Labute approximate surface area is 88.3 Å². The van der Waals surface area contributed by atoms with E-state index >= 15 is 0 Å². The van der Waals surface area contributed by atoms with Crippen LogP contribution in [-0.2, 0) is 6.42 Å². The standard InChI is InChI=1S/C10H12BNO3/c1-11(15)12-6-5-7-3-2-4-8(9(7)12)10(13)14/h2-4,15H,5-6H2,1H3,(H,13,14). The molecule has 0 spiro atoms. The van der Waals surface area contributed by atoms with Gasteiger partial charge in [-0.1, -0.05) is 12.1 Å². The largest absolute Gasteiger partial charge is 0.478 e. The van der Waals surface area contributed by atoms with Gasteiger partial charge in [0, 0.05) is 12.2 Å². The van der Waals surface area contributed by atoms with Crippen LogP contribution in [-0.4, -0.2) is 29.7 Å². The molecule has 2 N–H and O–H groups in total. The lowest BCUT2D eigenvalue weighted by Crippen LogP contribution is -2.36. The van der Waals surface area contributed by atoms with Crippen molar-refractivity contribution in [2.75, 3.05) is 11.4 Å². The summed E-state index contributed by atoms with van der Waals surface area (Å²) in [4.78, 5) is 12.7. The molecule has 1 heterocycles. The third kappa shape index (κ3) is 1.59. The fraction of sp³-hybridized carbons (Fsp3) is 0.300. The van der Waals surface area contributed by atoms with E-state index in [-0.39, 0.29) is 5.56 Å². The first-order valence-electron chi connectivity index (χ1n) is 4.91. The van der Waals surface area contributed by atoms with Gasteiger partial charge < -0.3 is 14.9 Å². The van der Waals surface area contributed by atoms with E-state index in [1.165, 1.54) is 0 Å². The summed E-state index contributed by atoms with van der Waals surface area (Å²) in [5.41, 5.74) is 1.93. The van der Waals surface area contributed by atoms with E-state index in [0.29, 0.717) is 12.2 Å². The highest BCUT2D eigenvalue weighted by molar-refractivity contribution is 6.54. The number of hydrogen-bond donors (Lipinski definition) is 2. The Morgan fingerprint density at radius 3 is 2.87 bits per heavy atom. The maximum atomic E-state index is 11.0. The number of nitrogens with zero attached hydrogens (tertiary/aromatic N) is 1. The predicted octanol–water partition coefficient (Wildman–Crippen LogP) is 0.858. The van der Waals surface area contributed by atoms with Gasteiger partial charge in [-0.3, -0.25) is 0 Å². The highest BCUT2D eigenvalue weighted by Gasteiger charge is 2.29. The van der Waals surface area contributed by atoms with Crippen molar-refractivity contribution in [3.63, 3.8) is 0 Å². The molecule has 0 atom stereocenters. The second-order valence-corrected chi connectivity index (χ2v) is 3.69. The fourth-order valence-electron chi connectivity index (χ4n) is 2.03. The molecule has 78 valence electrons. The molecule has 4 nitrogen and oxygen atoms in total. The van der Waals surface area contributed by atoms with Crippen LogP contribution in [0.5, 0.6) is 0 Å². The van der Waals surface area contributed by atoms with Crippen molar-refractivity contribution in [2.45, 2.75) is 13.2 Å². The maximum absolute atomic E-state index is 11.0. The first kappa shape index (κ1) is 10.0. The SMILES string of the molecule is CB(O)N1CCc2cccc(C(=O)O)c21. The molecule has 1 aliphatic rings. The lowest BCUT2D eigenvalue weighted by atomic mass is 9.84. The van der Waals surface area contributed by atoms with E-state index in [0.717, 1.165) is 12.0 Å². The summed E-state index contributed by atoms with van der Waals surface area (Å²) in [6, 6.07) is 5.22. The van der Waals surface area contributed by atoms with Crippen molar-refractivity contribution in [2.24, 2.45) is 0 Å². The minimum atomic E-state index is -0.945. The van der Waals surface area contributed by atoms with Crippen LogP contribution in [0, 0.1) is 0 Å². The van der Waals surface area contributed by atoms with Crippen LogP contribution in [0.25, 0.3) is 0 Å². The Balaban J connectivity index is 2.53. The minimum absolute atomic E-state index is 0.269. The second kappa shape index (κ2) is 3.58. The molecule has 0 amide bonds. The number of rotatable bonds is 2. The van der Waals surface area contributed by atoms with E-state index < -0.39 is 13.0 Å². The third-order valence-corrected chi connectivity index (χ3v) is 2.71. The van der Waals surface area contributed by atoms with E-state index in [4.69, 9.17) is 5.11 Å². The second-order valence-electron chi connectivity index (χ2n) is 3.69. The molecule has 1 aromatic rings. The van der Waals surface area contributed by atoms with Crippen LogP contribution in [0.3, 0.4) is 0 Å². The molecule has 0 aliphatic carbocycles. The average molecular weight is 205 g/mol. The zero-order valence-corrected chi connectivity index (χ0v) is 8.47. The van der Waals surface area contributed by atoms with Gasteiger partial charge in [0.2, 0.25) is 0 Å². The van der Waals surface area contributed by atoms with E-state index in [2.05, 4.69) is 0 Å². The summed E-state index contributed by atoms with van der Waals surface area (Å²) in [5, 5.41) is 18.6. The van der Waals surface area contributed by atoms with E-state index in [1.807, 2.05) is 6.07 Å². The Kier molecular flexibility index (Phi) is 2.40. The number of benzene rings is 1. The van der Waals surface area contributed by atoms with Crippen LogP contribution in [0.4, 0.5) is 5.69 Å². The number of para-hydroxylation sites is 1. The quantitative estimate of drug-likeness (QED) is 0.702. The summed E-state index contributed by atoms with van der Waals surface area (Å²) >= 11 is 0. The van der Waals surface area contributed by atoms with Crippen LogP contribution in [0.15, 0.2) is 18.2 Å². The molecule has 0 bridgehead atoms. The molecule has 0 radical (unpaired) electrons. The Morgan fingerprint density at radius 2 is 2.27 bits per heavy atom. The van der Waals surface area contributed by atoms with E-state index in [9.17, 15) is 9.82 Å². The van der Waals surface area contributed by atoms with Crippen molar-refractivity contribution in [3.05, 3.63) is 29.3 Å². The number of carbonyl (C=O) groups is 1. The zero-order valence-electron chi connectivity index (χ0n) is 8.47. The molecule has 0 saturated heterocycles. The minimum Gasteiger partial charge on any atom is -0.478 e. The van der Waals surface area contributed by atoms with Gasteiger partial charge in [-0.05, 0) is 24.9 Å². The highest BCUT2D eigenvalue weighted by Crippen LogP contribution is 2.32. The van der Waals surface area contributed by atoms with Crippen molar-refractivity contribution in [1.29, 1.82) is 0 Å². The number of carboxylic acids is 1. The lowest BCUT2D eigenvalue weighted by Gasteiger charge is -2.21. The fourth-order valence-corrected chi connectivity index (χ4v) is 2.03. The number of aromatic carboxylic acids is 1. The van der Waals surface area contributed by atoms with Crippen LogP contribution in [0.2, 0.25) is 6.82 Å². The Hall–Kier alpha value is -1.49. The molecule has 2 rings (SSSR count). The monoisotopic (exact) mass is 205 g/mol. The average Bonchev–Trinajstić information content (AvgIpc) is 2.60. The molecular formula is C10H12BNO3. The van der Waals surface area contributed by atoms with E-state index in [1.54, 1.807) is 23.8 Å². The maximum Gasteiger partial charge on any atom is 0.409 e. The van der Waals surface area contributed by atoms with Gasteiger partial charge in [-0.2, -0.15) is 0 Å². The normalized spacial score (nSPS) is 13.9.